The number of nitrogens with zero attached hydrogens (tertiary/aromatic N) is 3. The van der Waals surface area contributed by atoms with Gasteiger partial charge in [-0.25, -0.2) is 4.98 Å². The number of thioether (sulfide) groups is 1. The number of benzene rings is 2. The Labute approximate surface area is 177 Å². The van der Waals surface area contributed by atoms with Gasteiger partial charge in [-0.1, -0.05) is 42.1 Å². The van der Waals surface area contributed by atoms with E-state index in [4.69, 9.17) is 14.5 Å². The lowest BCUT2D eigenvalue weighted by Crippen LogP contribution is -2.37. The molecule has 4 aromatic rings. The first-order chi connectivity index (χ1) is 14.8. The Morgan fingerprint density at radius 3 is 2.73 bits per heavy atom. The van der Waals surface area contributed by atoms with Crippen molar-refractivity contribution in [1.29, 1.82) is 0 Å². The van der Waals surface area contributed by atoms with Gasteiger partial charge in [0.25, 0.3) is 5.56 Å². The van der Waals surface area contributed by atoms with Crippen LogP contribution in [0, 0.1) is 0 Å². The minimum Gasteiger partial charge on any atom is -0.486 e. The summed E-state index contributed by atoms with van der Waals surface area (Å²) >= 11 is 1.52. The van der Waals surface area contributed by atoms with Crippen molar-refractivity contribution in [2.24, 2.45) is 0 Å². The molecular formula is C23H19N3O3S. The van der Waals surface area contributed by atoms with E-state index >= 15 is 0 Å². The van der Waals surface area contributed by atoms with Gasteiger partial charge >= 0.3 is 0 Å². The molecule has 2 aromatic heterocycles. The molecule has 3 heterocycles. The molecule has 0 aliphatic carbocycles. The maximum Gasteiger partial charge on any atom is 0.262 e. The first-order valence-electron chi connectivity index (χ1n) is 9.68. The van der Waals surface area contributed by atoms with Crippen molar-refractivity contribution < 1.29 is 9.47 Å². The van der Waals surface area contributed by atoms with Gasteiger partial charge in [0.2, 0.25) is 0 Å². The highest BCUT2D eigenvalue weighted by Gasteiger charge is 2.23. The average Bonchev–Trinajstić information content (AvgIpc) is 2.80. The highest BCUT2D eigenvalue weighted by molar-refractivity contribution is 7.98. The van der Waals surface area contributed by atoms with Crippen molar-refractivity contribution in [2.45, 2.75) is 23.6 Å². The molecule has 1 aliphatic rings. The van der Waals surface area contributed by atoms with Crippen molar-refractivity contribution in [3.63, 3.8) is 0 Å². The molecule has 0 bridgehead atoms. The molecule has 30 heavy (non-hydrogen) atoms. The molecule has 1 atom stereocenters. The number of rotatable bonds is 5. The van der Waals surface area contributed by atoms with E-state index in [1.165, 1.54) is 11.8 Å². The van der Waals surface area contributed by atoms with Crippen LogP contribution < -0.4 is 15.0 Å². The van der Waals surface area contributed by atoms with Crippen molar-refractivity contribution >= 4 is 22.7 Å². The third-order valence-electron chi connectivity index (χ3n) is 4.87. The van der Waals surface area contributed by atoms with Gasteiger partial charge in [-0.05, 0) is 35.9 Å². The molecular weight excluding hydrogens is 398 g/mol. The molecule has 6 nitrogen and oxygen atoms in total. The Morgan fingerprint density at radius 2 is 1.87 bits per heavy atom. The Balaban J connectivity index is 1.48. The molecule has 0 N–H and O–H groups in total. The number of fused-ring (bicyclic) bond motifs is 2. The highest BCUT2D eigenvalue weighted by Crippen LogP contribution is 2.31. The predicted molar refractivity (Wildman–Crippen MR) is 116 cm³/mol. The van der Waals surface area contributed by atoms with E-state index < -0.39 is 0 Å². The van der Waals surface area contributed by atoms with Crippen LogP contribution in [0.15, 0.2) is 83.0 Å². The maximum absolute atomic E-state index is 13.3. The lowest BCUT2D eigenvalue weighted by Gasteiger charge is -2.27. The van der Waals surface area contributed by atoms with Crippen LogP contribution in [0.25, 0.3) is 10.9 Å². The van der Waals surface area contributed by atoms with Gasteiger partial charge in [-0.15, -0.1) is 0 Å². The molecule has 2 aromatic carbocycles. The number of ether oxygens (including phenoxy) is 2. The quantitative estimate of drug-likeness (QED) is 0.362. The van der Waals surface area contributed by atoms with Gasteiger partial charge in [0.05, 0.1) is 17.4 Å². The molecule has 1 unspecified atom stereocenters. The van der Waals surface area contributed by atoms with Crippen LogP contribution >= 0.6 is 11.8 Å². The summed E-state index contributed by atoms with van der Waals surface area (Å²) in [6.45, 7) is 0.739. The fourth-order valence-corrected chi connectivity index (χ4v) is 4.35. The van der Waals surface area contributed by atoms with Crippen LogP contribution in [0.3, 0.4) is 0 Å². The SMILES string of the molecule is O=c1c2ccccc2nc(SCc2cccnc2)n1CC1COc2ccccc2O1. The Kier molecular flexibility index (Phi) is 5.11. The summed E-state index contributed by atoms with van der Waals surface area (Å²) in [5, 5.41) is 1.25. The molecule has 7 heteroatoms. The highest BCUT2D eigenvalue weighted by atomic mass is 32.2. The first kappa shape index (κ1) is 18.7. The third-order valence-corrected chi connectivity index (χ3v) is 5.92. The second-order valence-electron chi connectivity index (χ2n) is 6.97. The van der Waals surface area contributed by atoms with Gasteiger partial charge in [-0.3, -0.25) is 14.3 Å². The molecule has 0 fully saturated rings. The van der Waals surface area contributed by atoms with Gasteiger partial charge in [0.15, 0.2) is 22.8 Å². The summed E-state index contributed by atoms with van der Waals surface area (Å²) in [4.78, 5) is 22.2. The standard InChI is InChI=1S/C23H19N3O3S/c27-22-18-7-1-2-8-19(18)25-23(30-15-16-6-5-11-24-12-16)26(22)13-17-14-28-20-9-3-4-10-21(20)29-17/h1-12,17H,13-15H2. The van der Waals surface area contributed by atoms with Crippen molar-refractivity contribution in [2.75, 3.05) is 6.61 Å². The van der Waals surface area contributed by atoms with Gasteiger partial charge in [-0.2, -0.15) is 0 Å². The largest absolute Gasteiger partial charge is 0.486 e. The number of pyridine rings is 1. The van der Waals surface area contributed by atoms with Crippen molar-refractivity contribution in [1.82, 2.24) is 14.5 Å². The minimum atomic E-state index is -0.279. The Morgan fingerprint density at radius 1 is 1.03 bits per heavy atom. The molecule has 0 saturated carbocycles. The van der Waals surface area contributed by atoms with E-state index in [2.05, 4.69) is 4.98 Å². The van der Waals surface area contributed by atoms with Crippen molar-refractivity contribution in [3.05, 3.63) is 89.0 Å². The zero-order chi connectivity index (χ0) is 20.3. The molecule has 150 valence electrons. The van der Waals surface area contributed by atoms with E-state index in [9.17, 15) is 4.79 Å². The van der Waals surface area contributed by atoms with Crippen LogP contribution in [-0.2, 0) is 12.3 Å². The lowest BCUT2D eigenvalue weighted by molar-refractivity contribution is 0.0757. The Bertz CT molecular complexity index is 1240. The summed E-state index contributed by atoms with van der Waals surface area (Å²) < 4.78 is 13.6. The lowest BCUT2D eigenvalue weighted by atomic mass is 10.2. The molecule has 1 aliphatic heterocycles. The van der Waals surface area contributed by atoms with Crippen LogP contribution in [-0.4, -0.2) is 27.2 Å². The average molecular weight is 417 g/mol. The number of hydrogen-bond acceptors (Lipinski definition) is 6. The molecule has 0 saturated heterocycles. The third kappa shape index (κ3) is 3.76. The van der Waals surface area contributed by atoms with E-state index in [1.54, 1.807) is 10.8 Å². The summed E-state index contributed by atoms with van der Waals surface area (Å²) in [6, 6.07) is 18.9. The second-order valence-corrected chi connectivity index (χ2v) is 7.92. The maximum atomic E-state index is 13.3. The van der Waals surface area contributed by atoms with Gasteiger partial charge in [0.1, 0.15) is 6.61 Å². The fourth-order valence-electron chi connectivity index (χ4n) is 3.41. The molecule has 0 radical (unpaired) electrons. The second kappa shape index (κ2) is 8.20. The van der Waals surface area contributed by atoms with Crippen LogP contribution in [0.2, 0.25) is 0 Å². The van der Waals surface area contributed by atoms with Gasteiger partial charge in [0, 0.05) is 18.1 Å². The van der Waals surface area contributed by atoms with E-state index in [0.29, 0.717) is 40.7 Å². The Hall–Kier alpha value is -3.32. The predicted octanol–water partition coefficient (Wildman–Crippen LogP) is 3.92. The van der Waals surface area contributed by atoms with Gasteiger partial charge < -0.3 is 9.47 Å². The fraction of sp³-hybridized carbons (Fsp3) is 0.174. The smallest absolute Gasteiger partial charge is 0.262 e. The molecule has 0 spiro atoms. The molecule has 5 rings (SSSR count). The monoisotopic (exact) mass is 417 g/mol. The number of hydrogen-bond donors (Lipinski definition) is 0. The number of aromatic nitrogens is 3. The number of para-hydroxylation sites is 3. The van der Waals surface area contributed by atoms with Crippen LogP contribution in [0.5, 0.6) is 11.5 Å². The van der Waals surface area contributed by atoms with Crippen molar-refractivity contribution in [3.8, 4) is 11.5 Å². The van der Waals surface area contributed by atoms with E-state index in [0.717, 1.165) is 11.3 Å². The summed E-state index contributed by atoms with van der Waals surface area (Å²) in [5.74, 6) is 2.09. The minimum absolute atomic E-state index is 0.0725. The summed E-state index contributed by atoms with van der Waals surface area (Å²) in [5.41, 5.74) is 1.69. The summed E-state index contributed by atoms with van der Waals surface area (Å²) in [7, 11) is 0. The first-order valence-corrected chi connectivity index (χ1v) is 10.7. The zero-order valence-corrected chi connectivity index (χ0v) is 16.9. The van der Waals surface area contributed by atoms with Crippen LogP contribution in [0.4, 0.5) is 0 Å². The van der Waals surface area contributed by atoms with E-state index in [1.807, 2.05) is 66.9 Å². The summed E-state index contributed by atoms with van der Waals surface area (Å²) in [6.07, 6.45) is 3.29. The zero-order valence-electron chi connectivity index (χ0n) is 16.1. The topological polar surface area (TPSA) is 66.2 Å². The molecule has 0 amide bonds. The normalized spacial score (nSPS) is 15.3. The van der Waals surface area contributed by atoms with Crippen LogP contribution in [0.1, 0.15) is 5.56 Å². The van der Waals surface area contributed by atoms with E-state index in [-0.39, 0.29) is 11.7 Å².